The molecule has 0 aromatic heterocycles. The van der Waals surface area contributed by atoms with E-state index in [1.54, 1.807) is 0 Å². The lowest BCUT2D eigenvalue weighted by atomic mass is 10.1. The maximum Gasteiger partial charge on any atom is 0.119 e. The molecule has 0 heterocycles. The van der Waals surface area contributed by atoms with Crippen LogP contribution in [0.25, 0.3) is 0 Å². The summed E-state index contributed by atoms with van der Waals surface area (Å²) in [4.78, 5) is 0. The Morgan fingerprint density at radius 3 is 2.53 bits per heavy atom. The number of hydrogen-bond donors (Lipinski definition) is 1. The quantitative estimate of drug-likeness (QED) is 0.750. The third kappa shape index (κ3) is 3.76. The second-order valence-electron chi connectivity index (χ2n) is 3.46. The Hall–Kier alpha value is -1.28. The van der Waals surface area contributed by atoms with E-state index in [0.29, 0.717) is 6.61 Å². The molecule has 1 aromatic carbocycles. The predicted octanol–water partition coefficient (Wildman–Crippen LogP) is 3.05. The highest BCUT2D eigenvalue weighted by Gasteiger charge is 2.02. The van der Waals surface area contributed by atoms with Crippen molar-refractivity contribution in [2.45, 2.75) is 26.3 Å². The smallest absolute Gasteiger partial charge is 0.119 e. The van der Waals surface area contributed by atoms with Gasteiger partial charge in [0.1, 0.15) is 12.4 Å². The summed E-state index contributed by atoms with van der Waals surface area (Å²) in [5.41, 5.74) is 7.08. The van der Waals surface area contributed by atoms with Crippen molar-refractivity contribution in [3.63, 3.8) is 0 Å². The maximum atomic E-state index is 5.91. The van der Waals surface area contributed by atoms with Crippen LogP contribution in [0.1, 0.15) is 31.9 Å². The van der Waals surface area contributed by atoms with Gasteiger partial charge in [0, 0.05) is 6.04 Å². The van der Waals surface area contributed by atoms with Crippen LogP contribution in [0.2, 0.25) is 0 Å². The fraction of sp³-hybridized carbons (Fsp3) is 0.385. The molecule has 15 heavy (non-hydrogen) atoms. The van der Waals surface area contributed by atoms with E-state index < -0.39 is 0 Å². The second-order valence-corrected chi connectivity index (χ2v) is 3.46. The Morgan fingerprint density at radius 1 is 1.33 bits per heavy atom. The van der Waals surface area contributed by atoms with E-state index >= 15 is 0 Å². The molecular weight excluding hydrogens is 186 g/mol. The van der Waals surface area contributed by atoms with Gasteiger partial charge in [-0.15, -0.1) is 0 Å². The summed E-state index contributed by atoms with van der Waals surface area (Å²) in [6, 6.07) is 8.12. The van der Waals surface area contributed by atoms with E-state index in [1.165, 1.54) is 0 Å². The maximum absolute atomic E-state index is 5.91. The molecule has 2 nitrogen and oxygen atoms in total. The summed E-state index contributed by atoms with van der Waals surface area (Å²) in [6.07, 6.45) is 4.91. The molecule has 0 spiro atoms. The van der Waals surface area contributed by atoms with Crippen LogP contribution in [0.5, 0.6) is 5.75 Å². The minimum atomic E-state index is 0.134. The number of hydrogen-bond acceptors (Lipinski definition) is 2. The van der Waals surface area contributed by atoms with E-state index in [1.807, 2.05) is 43.3 Å². The van der Waals surface area contributed by atoms with Gasteiger partial charge in [0.2, 0.25) is 0 Å². The van der Waals surface area contributed by atoms with E-state index in [9.17, 15) is 0 Å². The number of ether oxygens (including phenoxy) is 1. The van der Waals surface area contributed by atoms with Gasteiger partial charge in [0.15, 0.2) is 0 Å². The summed E-state index contributed by atoms with van der Waals surface area (Å²) in [6.45, 7) is 4.68. The van der Waals surface area contributed by atoms with Crippen molar-refractivity contribution >= 4 is 0 Å². The SMILES string of the molecule is CC=CCOc1ccc([C@@H](N)CC)cc1. The fourth-order valence-electron chi connectivity index (χ4n) is 1.29. The van der Waals surface area contributed by atoms with Crippen LogP contribution in [-0.2, 0) is 0 Å². The van der Waals surface area contributed by atoms with E-state index in [-0.39, 0.29) is 6.04 Å². The van der Waals surface area contributed by atoms with Gasteiger partial charge < -0.3 is 10.5 Å². The lowest BCUT2D eigenvalue weighted by Gasteiger charge is -2.10. The van der Waals surface area contributed by atoms with Gasteiger partial charge in [0.05, 0.1) is 0 Å². The molecular formula is C13H19NO. The summed E-state index contributed by atoms with van der Waals surface area (Å²) in [5, 5.41) is 0. The Balaban J connectivity index is 2.56. The molecule has 0 unspecified atom stereocenters. The number of allylic oxidation sites excluding steroid dienone is 1. The first-order chi connectivity index (χ1) is 7.27. The average molecular weight is 205 g/mol. The first kappa shape index (κ1) is 11.8. The largest absolute Gasteiger partial charge is 0.490 e. The molecule has 0 saturated heterocycles. The Labute approximate surface area is 91.7 Å². The first-order valence-electron chi connectivity index (χ1n) is 5.37. The molecule has 0 bridgehead atoms. The molecule has 1 rings (SSSR count). The zero-order valence-corrected chi connectivity index (χ0v) is 9.44. The summed E-state index contributed by atoms with van der Waals surface area (Å²) in [7, 11) is 0. The first-order valence-corrected chi connectivity index (χ1v) is 5.37. The number of nitrogens with two attached hydrogens (primary N) is 1. The lowest BCUT2D eigenvalue weighted by Crippen LogP contribution is -2.08. The monoisotopic (exact) mass is 205 g/mol. The van der Waals surface area contributed by atoms with Crippen molar-refractivity contribution in [2.24, 2.45) is 5.73 Å². The fourth-order valence-corrected chi connectivity index (χ4v) is 1.29. The van der Waals surface area contributed by atoms with E-state index in [4.69, 9.17) is 10.5 Å². The molecule has 2 N–H and O–H groups in total. The molecule has 82 valence electrons. The zero-order chi connectivity index (χ0) is 11.1. The predicted molar refractivity (Wildman–Crippen MR) is 64.0 cm³/mol. The Bertz CT molecular complexity index is 303. The van der Waals surface area contributed by atoms with E-state index in [0.717, 1.165) is 17.7 Å². The minimum Gasteiger partial charge on any atom is -0.490 e. The van der Waals surface area contributed by atoms with Gasteiger partial charge in [-0.25, -0.2) is 0 Å². The molecule has 0 aliphatic heterocycles. The minimum absolute atomic E-state index is 0.134. The zero-order valence-electron chi connectivity index (χ0n) is 9.44. The summed E-state index contributed by atoms with van der Waals surface area (Å²) >= 11 is 0. The lowest BCUT2D eigenvalue weighted by molar-refractivity contribution is 0.362. The molecule has 0 radical (unpaired) electrons. The molecule has 0 aliphatic rings. The van der Waals surface area contributed by atoms with Gasteiger partial charge in [-0.2, -0.15) is 0 Å². The van der Waals surface area contributed by atoms with Crippen molar-refractivity contribution in [1.29, 1.82) is 0 Å². The topological polar surface area (TPSA) is 35.2 Å². The molecule has 1 atom stereocenters. The summed E-state index contributed by atoms with van der Waals surface area (Å²) in [5.74, 6) is 0.889. The van der Waals surface area contributed by atoms with Crippen molar-refractivity contribution in [2.75, 3.05) is 6.61 Å². The Kier molecular flexibility index (Phi) is 4.91. The molecule has 0 fully saturated rings. The van der Waals surface area contributed by atoms with Crippen LogP contribution >= 0.6 is 0 Å². The van der Waals surface area contributed by atoms with Crippen LogP contribution in [0.4, 0.5) is 0 Å². The molecule has 2 heteroatoms. The van der Waals surface area contributed by atoms with Crippen molar-refractivity contribution in [3.05, 3.63) is 42.0 Å². The Morgan fingerprint density at radius 2 is 2.00 bits per heavy atom. The standard InChI is InChI=1S/C13H19NO/c1-3-5-10-15-12-8-6-11(7-9-12)13(14)4-2/h3,5-9,13H,4,10,14H2,1-2H3/t13-/m0/s1. The third-order valence-electron chi connectivity index (χ3n) is 2.33. The second kappa shape index (κ2) is 6.25. The third-order valence-corrected chi connectivity index (χ3v) is 2.33. The van der Waals surface area contributed by atoms with Crippen LogP contribution in [0.15, 0.2) is 36.4 Å². The number of rotatable bonds is 5. The average Bonchev–Trinajstić information content (AvgIpc) is 2.29. The molecule has 0 amide bonds. The summed E-state index contributed by atoms with van der Waals surface area (Å²) < 4.78 is 5.49. The van der Waals surface area contributed by atoms with Gasteiger partial charge in [-0.05, 0) is 31.0 Å². The molecule has 1 aromatic rings. The van der Waals surface area contributed by atoms with Crippen molar-refractivity contribution in [1.82, 2.24) is 0 Å². The molecule has 0 saturated carbocycles. The van der Waals surface area contributed by atoms with Crippen LogP contribution in [0, 0.1) is 0 Å². The van der Waals surface area contributed by atoms with E-state index in [2.05, 4.69) is 6.92 Å². The normalized spacial score (nSPS) is 13.0. The van der Waals surface area contributed by atoms with Gasteiger partial charge >= 0.3 is 0 Å². The highest BCUT2D eigenvalue weighted by molar-refractivity contribution is 5.29. The van der Waals surface area contributed by atoms with Crippen molar-refractivity contribution in [3.8, 4) is 5.75 Å². The highest BCUT2D eigenvalue weighted by atomic mass is 16.5. The molecule has 0 aliphatic carbocycles. The van der Waals surface area contributed by atoms with Crippen LogP contribution < -0.4 is 10.5 Å². The van der Waals surface area contributed by atoms with Gasteiger partial charge in [-0.1, -0.05) is 31.2 Å². The van der Waals surface area contributed by atoms with Gasteiger partial charge in [-0.3, -0.25) is 0 Å². The number of benzene rings is 1. The van der Waals surface area contributed by atoms with Crippen LogP contribution in [0.3, 0.4) is 0 Å². The van der Waals surface area contributed by atoms with Crippen LogP contribution in [-0.4, -0.2) is 6.61 Å². The highest BCUT2D eigenvalue weighted by Crippen LogP contribution is 2.18. The van der Waals surface area contributed by atoms with Gasteiger partial charge in [0.25, 0.3) is 0 Å². The van der Waals surface area contributed by atoms with Crippen molar-refractivity contribution < 1.29 is 4.74 Å².